The molecule has 80 valence electrons. The van der Waals surface area contributed by atoms with E-state index >= 15 is 0 Å². The van der Waals surface area contributed by atoms with Gasteiger partial charge in [0.1, 0.15) is 0 Å². The van der Waals surface area contributed by atoms with Gasteiger partial charge in [0, 0.05) is 5.56 Å². The predicted octanol–water partition coefficient (Wildman–Crippen LogP) is 3.04. The second-order valence-electron chi connectivity index (χ2n) is 4.38. The van der Waals surface area contributed by atoms with Crippen molar-refractivity contribution in [2.75, 3.05) is 0 Å². The van der Waals surface area contributed by atoms with Crippen LogP contribution in [0, 0.1) is 0 Å². The number of fused-ring (bicyclic) bond motifs is 1. The molecule has 2 nitrogen and oxygen atoms in total. The zero-order chi connectivity index (χ0) is 10.1. The standard InChI is InChI=1S/C13H16O2/c1-2-6-10(7-3-1)13-14-11-8-4-5-9-12(11)15-13/h1-3,6-7,11-13H,4-5,8-9H2/t11-,12-/m0/s1. The average Bonchev–Trinajstić information content (AvgIpc) is 2.74. The third kappa shape index (κ3) is 1.80. The van der Waals surface area contributed by atoms with Gasteiger partial charge in [0.2, 0.25) is 0 Å². The smallest absolute Gasteiger partial charge is 0.184 e. The SMILES string of the molecule is c1ccc(C2O[C@H]3CCCC[C@@H]3O2)cc1. The highest BCUT2D eigenvalue weighted by molar-refractivity contribution is 5.16. The quantitative estimate of drug-likeness (QED) is 0.700. The van der Waals surface area contributed by atoms with E-state index in [0.717, 1.165) is 18.4 Å². The van der Waals surface area contributed by atoms with E-state index in [2.05, 4.69) is 12.1 Å². The molecule has 1 saturated heterocycles. The lowest BCUT2D eigenvalue weighted by Crippen LogP contribution is -2.25. The Morgan fingerprint density at radius 2 is 1.47 bits per heavy atom. The van der Waals surface area contributed by atoms with Crippen molar-refractivity contribution in [1.82, 2.24) is 0 Å². The molecule has 0 spiro atoms. The molecule has 1 aromatic rings. The first-order chi connectivity index (χ1) is 7.43. The molecule has 1 heterocycles. The summed E-state index contributed by atoms with van der Waals surface area (Å²) in [6.45, 7) is 0. The molecule has 1 saturated carbocycles. The van der Waals surface area contributed by atoms with E-state index < -0.39 is 0 Å². The van der Waals surface area contributed by atoms with Gasteiger partial charge in [-0.3, -0.25) is 0 Å². The molecule has 0 unspecified atom stereocenters. The van der Waals surface area contributed by atoms with Crippen molar-refractivity contribution < 1.29 is 9.47 Å². The highest BCUT2D eigenvalue weighted by atomic mass is 16.7. The lowest BCUT2D eigenvalue weighted by Gasteiger charge is -2.21. The Bertz CT molecular complexity index is 309. The summed E-state index contributed by atoms with van der Waals surface area (Å²) >= 11 is 0. The van der Waals surface area contributed by atoms with Crippen molar-refractivity contribution in [1.29, 1.82) is 0 Å². The summed E-state index contributed by atoms with van der Waals surface area (Å²) in [7, 11) is 0. The molecular weight excluding hydrogens is 188 g/mol. The summed E-state index contributed by atoms with van der Waals surface area (Å²) in [5.74, 6) is 0. The number of hydrogen-bond donors (Lipinski definition) is 0. The lowest BCUT2D eigenvalue weighted by molar-refractivity contribution is -0.0680. The van der Waals surface area contributed by atoms with Gasteiger partial charge in [-0.05, 0) is 12.8 Å². The van der Waals surface area contributed by atoms with Crippen LogP contribution in [0.15, 0.2) is 30.3 Å². The molecule has 2 heteroatoms. The Labute approximate surface area is 90.2 Å². The average molecular weight is 204 g/mol. The number of hydrogen-bond acceptors (Lipinski definition) is 2. The van der Waals surface area contributed by atoms with Gasteiger partial charge in [-0.25, -0.2) is 0 Å². The predicted molar refractivity (Wildman–Crippen MR) is 57.4 cm³/mol. The molecule has 0 radical (unpaired) electrons. The Morgan fingerprint density at radius 3 is 2.07 bits per heavy atom. The van der Waals surface area contributed by atoms with Crippen molar-refractivity contribution in [2.24, 2.45) is 0 Å². The van der Waals surface area contributed by atoms with Crippen LogP contribution in [0.4, 0.5) is 0 Å². The minimum atomic E-state index is -0.126. The second kappa shape index (κ2) is 3.95. The molecule has 2 atom stereocenters. The third-order valence-corrected chi connectivity index (χ3v) is 3.31. The normalized spacial score (nSPS) is 31.5. The van der Waals surface area contributed by atoms with Crippen LogP contribution >= 0.6 is 0 Å². The Kier molecular flexibility index (Phi) is 2.47. The lowest BCUT2D eigenvalue weighted by atomic mass is 9.95. The van der Waals surface area contributed by atoms with Gasteiger partial charge in [0.05, 0.1) is 12.2 Å². The molecule has 15 heavy (non-hydrogen) atoms. The first-order valence-electron chi connectivity index (χ1n) is 5.79. The first-order valence-corrected chi connectivity index (χ1v) is 5.79. The molecule has 1 aliphatic carbocycles. The maximum absolute atomic E-state index is 5.93. The fraction of sp³-hybridized carbons (Fsp3) is 0.538. The number of rotatable bonds is 1. The monoisotopic (exact) mass is 204 g/mol. The summed E-state index contributed by atoms with van der Waals surface area (Å²) in [6, 6.07) is 10.2. The third-order valence-electron chi connectivity index (χ3n) is 3.31. The van der Waals surface area contributed by atoms with E-state index in [4.69, 9.17) is 9.47 Å². The van der Waals surface area contributed by atoms with Crippen LogP contribution in [0.1, 0.15) is 37.5 Å². The van der Waals surface area contributed by atoms with Gasteiger partial charge in [0.25, 0.3) is 0 Å². The molecule has 2 aliphatic rings. The van der Waals surface area contributed by atoms with Crippen LogP contribution in [0.2, 0.25) is 0 Å². The molecule has 3 rings (SSSR count). The molecule has 0 bridgehead atoms. The van der Waals surface area contributed by atoms with Crippen LogP contribution in [-0.2, 0) is 9.47 Å². The van der Waals surface area contributed by atoms with E-state index in [-0.39, 0.29) is 6.29 Å². The molecule has 0 amide bonds. The molecule has 0 N–H and O–H groups in total. The van der Waals surface area contributed by atoms with Gasteiger partial charge < -0.3 is 9.47 Å². The van der Waals surface area contributed by atoms with E-state index in [0.29, 0.717) is 12.2 Å². The van der Waals surface area contributed by atoms with Crippen molar-refractivity contribution in [3.8, 4) is 0 Å². The summed E-state index contributed by atoms with van der Waals surface area (Å²) in [5, 5.41) is 0. The highest BCUT2D eigenvalue weighted by Gasteiger charge is 2.37. The summed E-state index contributed by atoms with van der Waals surface area (Å²) in [6.07, 6.45) is 5.44. The molecular formula is C13H16O2. The zero-order valence-electron chi connectivity index (χ0n) is 8.76. The molecule has 1 aromatic carbocycles. The maximum Gasteiger partial charge on any atom is 0.184 e. The van der Waals surface area contributed by atoms with Crippen molar-refractivity contribution in [2.45, 2.75) is 44.2 Å². The van der Waals surface area contributed by atoms with Crippen LogP contribution < -0.4 is 0 Å². The Hall–Kier alpha value is -0.860. The van der Waals surface area contributed by atoms with Crippen molar-refractivity contribution in [3.05, 3.63) is 35.9 Å². The summed E-state index contributed by atoms with van der Waals surface area (Å²) in [5.41, 5.74) is 1.15. The van der Waals surface area contributed by atoms with Crippen molar-refractivity contribution >= 4 is 0 Å². The summed E-state index contributed by atoms with van der Waals surface area (Å²) < 4.78 is 11.9. The molecule has 0 aromatic heterocycles. The van der Waals surface area contributed by atoms with Crippen molar-refractivity contribution in [3.63, 3.8) is 0 Å². The van der Waals surface area contributed by atoms with Gasteiger partial charge >= 0.3 is 0 Å². The molecule has 1 aliphatic heterocycles. The molecule has 2 fully saturated rings. The van der Waals surface area contributed by atoms with E-state index in [1.54, 1.807) is 0 Å². The fourth-order valence-corrected chi connectivity index (χ4v) is 2.49. The van der Waals surface area contributed by atoms with Crippen LogP contribution in [0.3, 0.4) is 0 Å². The highest BCUT2D eigenvalue weighted by Crippen LogP contribution is 2.37. The van der Waals surface area contributed by atoms with E-state index in [9.17, 15) is 0 Å². The van der Waals surface area contributed by atoms with Gasteiger partial charge in [-0.15, -0.1) is 0 Å². The van der Waals surface area contributed by atoms with Crippen LogP contribution in [0.5, 0.6) is 0 Å². The van der Waals surface area contributed by atoms with Crippen LogP contribution in [0.25, 0.3) is 0 Å². The number of benzene rings is 1. The van der Waals surface area contributed by atoms with Crippen LogP contribution in [-0.4, -0.2) is 12.2 Å². The Balaban J connectivity index is 1.75. The summed E-state index contributed by atoms with van der Waals surface area (Å²) in [4.78, 5) is 0. The largest absolute Gasteiger partial charge is 0.342 e. The minimum absolute atomic E-state index is 0.126. The minimum Gasteiger partial charge on any atom is -0.342 e. The first kappa shape index (κ1) is 9.37. The van der Waals surface area contributed by atoms with Gasteiger partial charge in [0.15, 0.2) is 6.29 Å². The van der Waals surface area contributed by atoms with Gasteiger partial charge in [-0.1, -0.05) is 43.2 Å². The van der Waals surface area contributed by atoms with E-state index in [1.165, 1.54) is 12.8 Å². The Morgan fingerprint density at radius 1 is 0.867 bits per heavy atom. The number of ether oxygens (including phenoxy) is 2. The fourth-order valence-electron chi connectivity index (χ4n) is 2.49. The van der Waals surface area contributed by atoms with Gasteiger partial charge in [-0.2, -0.15) is 0 Å². The zero-order valence-corrected chi connectivity index (χ0v) is 8.76. The topological polar surface area (TPSA) is 18.5 Å². The maximum atomic E-state index is 5.93. The van der Waals surface area contributed by atoms with E-state index in [1.807, 2.05) is 18.2 Å². The second-order valence-corrected chi connectivity index (χ2v) is 4.38.